The molecule has 1 aliphatic heterocycles. The zero-order valence-electron chi connectivity index (χ0n) is 24.5. The Morgan fingerprint density at radius 2 is 1.76 bits per heavy atom. The Balaban J connectivity index is 1.37. The number of aliphatic hydroxyl groups is 1. The fourth-order valence-corrected chi connectivity index (χ4v) is 6.06. The average Bonchev–Trinajstić information content (AvgIpc) is 3.00. The molecule has 4 N–H and O–H groups in total. The number of rotatable bonds is 13. The van der Waals surface area contributed by atoms with Gasteiger partial charge in [0.15, 0.2) is 17.7 Å². The molecule has 0 spiro atoms. The van der Waals surface area contributed by atoms with E-state index < -0.39 is 24.3 Å². The van der Waals surface area contributed by atoms with E-state index in [2.05, 4.69) is 69.0 Å². The smallest absolute Gasteiger partial charge is 0.337 e. The van der Waals surface area contributed by atoms with Crippen molar-refractivity contribution in [2.75, 3.05) is 20.3 Å². The Bertz CT molecular complexity index is 1580. The van der Waals surface area contributed by atoms with Crippen molar-refractivity contribution in [3.8, 4) is 17.2 Å². The van der Waals surface area contributed by atoms with E-state index in [0.717, 1.165) is 24.5 Å². The first-order valence-electron chi connectivity index (χ1n) is 13.7. The van der Waals surface area contributed by atoms with Crippen LogP contribution in [0.2, 0.25) is 0 Å². The highest BCUT2D eigenvalue weighted by Crippen LogP contribution is 2.36. The van der Waals surface area contributed by atoms with E-state index in [0.29, 0.717) is 41.7 Å². The van der Waals surface area contributed by atoms with Crippen LogP contribution in [0.1, 0.15) is 36.6 Å². The highest BCUT2D eigenvalue weighted by Gasteiger charge is 2.32. The number of benzene rings is 3. The van der Waals surface area contributed by atoms with Crippen molar-refractivity contribution in [2.24, 2.45) is 5.10 Å². The first-order chi connectivity index (χ1) is 21.6. The summed E-state index contributed by atoms with van der Waals surface area (Å²) in [6.07, 6.45) is 0.412. The van der Waals surface area contributed by atoms with E-state index in [4.69, 9.17) is 18.9 Å². The Morgan fingerprint density at radius 3 is 2.42 bits per heavy atom. The van der Waals surface area contributed by atoms with Crippen molar-refractivity contribution < 1.29 is 33.6 Å². The quantitative estimate of drug-likeness (QED) is 0.0707. The summed E-state index contributed by atoms with van der Waals surface area (Å²) in [6.45, 7) is 4.03. The van der Waals surface area contributed by atoms with Gasteiger partial charge in [-0.2, -0.15) is 5.10 Å². The number of nitrogens with zero attached hydrogens (tertiary/aromatic N) is 1. The Hall–Kier alpha value is -3.59. The van der Waals surface area contributed by atoms with Crippen LogP contribution in [0.15, 0.2) is 84.4 Å². The molecule has 4 rings (SSSR count). The highest BCUT2D eigenvalue weighted by atomic mass is 79.9. The van der Waals surface area contributed by atoms with Crippen molar-refractivity contribution >= 4 is 66.0 Å². The summed E-state index contributed by atoms with van der Waals surface area (Å²) in [5, 5.41) is 19.9. The van der Waals surface area contributed by atoms with Crippen LogP contribution in [-0.2, 0) is 16.1 Å². The lowest BCUT2D eigenvalue weighted by Gasteiger charge is -2.28. The number of methoxy groups -OCH3 is 1. The predicted molar refractivity (Wildman–Crippen MR) is 179 cm³/mol. The number of carbonyl (C=O) groups excluding carboxylic acids is 2. The lowest BCUT2D eigenvalue weighted by Crippen LogP contribution is -2.45. The molecule has 0 aromatic heterocycles. The van der Waals surface area contributed by atoms with Gasteiger partial charge in [-0.3, -0.25) is 5.43 Å². The molecule has 238 valence electrons. The summed E-state index contributed by atoms with van der Waals surface area (Å²) in [6, 6.07) is 15.4. The molecule has 0 fully saturated rings. The maximum atomic E-state index is 12.4. The first kappa shape index (κ1) is 34.3. The van der Waals surface area contributed by atoms with Gasteiger partial charge in [-0.05, 0) is 98.8 Å². The number of urea groups is 1. The number of hydrazone groups is 1. The number of hydrogen-bond donors (Lipinski definition) is 4. The number of allylic oxidation sites excluding steroid dienone is 1. The highest BCUT2D eigenvalue weighted by molar-refractivity contribution is 9.11. The van der Waals surface area contributed by atoms with Crippen LogP contribution in [-0.4, -0.2) is 49.9 Å². The standard InChI is InChI=1S/C31H31Br3N4O7/c1-4-43-25-13-20(28-27(30(40)42-3)17(2)36-31(41)37-28)7-10-24(25)44-16-26(39)38-35-14-19-11-22(33)29(23(34)12-19)45-15-18-5-8-21(32)9-6-18/h5-14,26,28,38-39H,4,15-16H2,1-3H3,(H2,36,37,41)/b35-14-/t26-,28-/m1/s1. The van der Waals surface area contributed by atoms with Crippen molar-refractivity contribution in [2.45, 2.75) is 32.7 Å². The molecule has 0 bridgehead atoms. The largest absolute Gasteiger partial charge is 0.490 e. The summed E-state index contributed by atoms with van der Waals surface area (Å²) in [7, 11) is 1.28. The Morgan fingerprint density at radius 1 is 1.04 bits per heavy atom. The number of nitrogens with one attached hydrogen (secondary N) is 3. The van der Waals surface area contributed by atoms with Gasteiger partial charge in [0.05, 0.1) is 40.5 Å². The molecule has 0 unspecified atom stereocenters. The molecule has 0 aliphatic carbocycles. The molecular weight excluding hydrogens is 780 g/mol. The Kier molecular flexibility index (Phi) is 12.3. The summed E-state index contributed by atoms with van der Waals surface area (Å²) >= 11 is 10.5. The van der Waals surface area contributed by atoms with Gasteiger partial charge in [0.25, 0.3) is 0 Å². The summed E-state index contributed by atoms with van der Waals surface area (Å²) in [5.41, 5.74) is 5.67. The van der Waals surface area contributed by atoms with Crippen LogP contribution < -0.4 is 30.3 Å². The second-order valence-corrected chi connectivity index (χ2v) is 12.3. The minimum absolute atomic E-state index is 0.149. The number of aliphatic hydroxyl groups excluding tert-OH is 1. The monoisotopic (exact) mass is 808 g/mol. The SMILES string of the molecule is CCOc1cc([C@H]2NC(=O)NC(C)=C2C(=O)OC)ccc1OC[C@@H](O)N/N=C\c1cc(Br)c(OCc2ccc(Br)cc2)c(Br)c1. The molecule has 3 aromatic rings. The molecule has 1 heterocycles. The maximum Gasteiger partial charge on any atom is 0.337 e. The van der Waals surface area contributed by atoms with Gasteiger partial charge >= 0.3 is 12.0 Å². The molecule has 45 heavy (non-hydrogen) atoms. The van der Waals surface area contributed by atoms with E-state index >= 15 is 0 Å². The Labute approximate surface area is 285 Å². The molecule has 0 radical (unpaired) electrons. The van der Waals surface area contributed by atoms with Crippen LogP contribution in [0.5, 0.6) is 17.2 Å². The average molecular weight is 811 g/mol. The predicted octanol–water partition coefficient (Wildman–Crippen LogP) is 6.07. The van der Waals surface area contributed by atoms with E-state index in [1.54, 1.807) is 31.3 Å². The van der Waals surface area contributed by atoms with Gasteiger partial charge in [-0.25, -0.2) is 9.59 Å². The third kappa shape index (κ3) is 9.22. The maximum absolute atomic E-state index is 12.4. The van der Waals surface area contributed by atoms with Gasteiger partial charge in [0, 0.05) is 10.2 Å². The molecule has 2 amide bonds. The first-order valence-corrected chi connectivity index (χ1v) is 16.1. The van der Waals surface area contributed by atoms with Crippen molar-refractivity contribution in [3.05, 3.63) is 96.0 Å². The van der Waals surface area contributed by atoms with E-state index in [-0.39, 0.29) is 12.2 Å². The minimum Gasteiger partial charge on any atom is -0.490 e. The fourth-order valence-electron chi connectivity index (χ4n) is 4.35. The molecular formula is C31H31Br3N4O7. The molecule has 1 aliphatic rings. The van der Waals surface area contributed by atoms with Gasteiger partial charge in [0.2, 0.25) is 0 Å². The van der Waals surface area contributed by atoms with Crippen molar-refractivity contribution in [1.29, 1.82) is 0 Å². The van der Waals surface area contributed by atoms with Gasteiger partial charge in [-0.1, -0.05) is 34.1 Å². The van der Waals surface area contributed by atoms with E-state index in [1.165, 1.54) is 7.11 Å². The fraction of sp³-hybridized carbons (Fsp3) is 0.258. The van der Waals surface area contributed by atoms with Crippen LogP contribution in [0, 0.1) is 0 Å². The number of carbonyl (C=O) groups is 2. The van der Waals surface area contributed by atoms with Crippen molar-refractivity contribution in [3.63, 3.8) is 0 Å². The molecule has 11 nitrogen and oxygen atoms in total. The van der Waals surface area contributed by atoms with Gasteiger partial charge < -0.3 is 34.7 Å². The molecule has 2 atom stereocenters. The van der Waals surface area contributed by atoms with Crippen LogP contribution in [0.3, 0.4) is 0 Å². The van der Waals surface area contributed by atoms with E-state index in [9.17, 15) is 14.7 Å². The molecule has 0 saturated carbocycles. The zero-order chi connectivity index (χ0) is 32.5. The molecule has 3 aromatic carbocycles. The summed E-state index contributed by atoms with van der Waals surface area (Å²) in [4.78, 5) is 24.6. The number of hydrogen-bond acceptors (Lipinski definition) is 9. The van der Waals surface area contributed by atoms with Crippen LogP contribution in [0.4, 0.5) is 4.79 Å². The second-order valence-electron chi connectivity index (χ2n) is 9.64. The third-order valence-corrected chi connectivity index (χ3v) is 8.13. The zero-order valence-corrected chi connectivity index (χ0v) is 29.3. The molecule has 0 saturated heterocycles. The minimum atomic E-state index is -1.14. The third-order valence-electron chi connectivity index (χ3n) is 6.43. The summed E-state index contributed by atoms with van der Waals surface area (Å²) in [5.74, 6) is 0.816. The number of esters is 1. The molecule has 14 heteroatoms. The van der Waals surface area contributed by atoms with Crippen LogP contribution >= 0.6 is 47.8 Å². The normalized spacial score (nSPS) is 15.3. The van der Waals surface area contributed by atoms with Crippen LogP contribution in [0.25, 0.3) is 0 Å². The van der Waals surface area contributed by atoms with E-state index in [1.807, 2.05) is 43.3 Å². The number of halogens is 3. The summed E-state index contributed by atoms with van der Waals surface area (Å²) < 4.78 is 24.9. The topological polar surface area (TPSA) is 140 Å². The lowest BCUT2D eigenvalue weighted by atomic mass is 9.95. The van der Waals surface area contributed by atoms with Gasteiger partial charge in [0.1, 0.15) is 19.0 Å². The number of ether oxygens (including phenoxy) is 4. The van der Waals surface area contributed by atoms with Crippen molar-refractivity contribution in [1.82, 2.24) is 16.1 Å². The number of amides is 2. The van der Waals surface area contributed by atoms with Gasteiger partial charge in [-0.15, -0.1) is 0 Å². The second kappa shape index (κ2) is 16.1. The lowest BCUT2D eigenvalue weighted by molar-refractivity contribution is -0.136.